The molecule has 1 N–H and O–H groups in total. The molecule has 0 saturated carbocycles. The van der Waals surface area contributed by atoms with E-state index in [0.717, 1.165) is 29.4 Å². The number of ether oxygens (including phenoxy) is 1. The summed E-state index contributed by atoms with van der Waals surface area (Å²) in [7, 11) is 0. The summed E-state index contributed by atoms with van der Waals surface area (Å²) in [5.41, 5.74) is 4.64. The molecule has 0 aliphatic heterocycles. The molecule has 0 aromatic heterocycles. The van der Waals surface area contributed by atoms with Gasteiger partial charge < -0.3 is 9.64 Å². The number of nitrogens with zero attached hydrogens (tertiary/aromatic N) is 2. The van der Waals surface area contributed by atoms with E-state index >= 15 is 0 Å². The maximum Gasteiger partial charge on any atom is 0.280 e. The molecule has 3 aromatic carbocycles. The molecule has 5 nitrogen and oxygen atoms in total. The molecule has 3 aromatic rings. The first-order chi connectivity index (χ1) is 14.1. The molecule has 1 amide bonds. The summed E-state index contributed by atoms with van der Waals surface area (Å²) in [5.74, 6) is 0.358. The second kappa shape index (κ2) is 9.73. The van der Waals surface area contributed by atoms with Gasteiger partial charge in [0, 0.05) is 18.8 Å². The molecule has 0 bridgehead atoms. The maximum absolute atomic E-state index is 12.3. The first kappa shape index (κ1) is 20.4. The van der Waals surface area contributed by atoms with Gasteiger partial charge in [0.1, 0.15) is 5.75 Å². The van der Waals surface area contributed by atoms with Crippen LogP contribution >= 0.6 is 0 Å². The number of carbonyl (C=O) groups is 1. The van der Waals surface area contributed by atoms with E-state index in [-0.39, 0.29) is 5.91 Å². The average Bonchev–Trinajstić information content (AvgIpc) is 2.75. The van der Waals surface area contributed by atoms with E-state index in [1.54, 1.807) is 13.1 Å². The van der Waals surface area contributed by atoms with Crippen LogP contribution in [-0.2, 0) is 4.79 Å². The van der Waals surface area contributed by atoms with Gasteiger partial charge in [-0.25, -0.2) is 5.43 Å². The Labute approximate surface area is 172 Å². The van der Waals surface area contributed by atoms with E-state index < -0.39 is 6.10 Å². The van der Waals surface area contributed by atoms with Crippen molar-refractivity contribution in [3.63, 3.8) is 0 Å². The third-order valence-electron chi connectivity index (χ3n) is 4.81. The lowest BCUT2D eigenvalue weighted by atomic mass is 10.1. The van der Waals surface area contributed by atoms with Crippen LogP contribution in [0, 0.1) is 0 Å². The Morgan fingerprint density at radius 2 is 1.72 bits per heavy atom. The lowest BCUT2D eigenvalue weighted by Gasteiger charge is -2.20. The minimum atomic E-state index is -0.654. The van der Waals surface area contributed by atoms with Crippen molar-refractivity contribution in [2.45, 2.75) is 26.9 Å². The average molecular weight is 389 g/mol. The van der Waals surface area contributed by atoms with Crippen molar-refractivity contribution in [1.82, 2.24) is 5.43 Å². The fourth-order valence-corrected chi connectivity index (χ4v) is 3.12. The van der Waals surface area contributed by atoms with Crippen LogP contribution < -0.4 is 15.1 Å². The van der Waals surface area contributed by atoms with Gasteiger partial charge in [0.2, 0.25) is 0 Å². The van der Waals surface area contributed by atoms with Gasteiger partial charge in [0.15, 0.2) is 6.10 Å². The van der Waals surface area contributed by atoms with Gasteiger partial charge in [-0.1, -0.05) is 42.5 Å². The van der Waals surface area contributed by atoms with Crippen LogP contribution in [0.5, 0.6) is 5.75 Å². The number of anilines is 1. The van der Waals surface area contributed by atoms with Crippen molar-refractivity contribution in [1.29, 1.82) is 0 Å². The number of nitrogens with one attached hydrogen (secondary N) is 1. The molecule has 29 heavy (non-hydrogen) atoms. The minimum Gasteiger partial charge on any atom is -0.481 e. The van der Waals surface area contributed by atoms with E-state index in [1.807, 2.05) is 54.6 Å². The Bertz CT molecular complexity index is 979. The Kier molecular flexibility index (Phi) is 6.85. The number of hydrazone groups is 1. The van der Waals surface area contributed by atoms with Crippen molar-refractivity contribution in [3.05, 3.63) is 72.3 Å². The zero-order chi connectivity index (χ0) is 20.6. The molecule has 0 fully saturated rings. The van der Waals surface area contributed by atoms with Crippen LogP contribution in [0.4, 0.5) is 5.69 Å². The largest absolute Gasteiger partial charge is 0.481 e. The first-order valence-corrected chi connectivity index (χ1v) is 9.94. The molecule has 150 valence electrons. The van der Waals surface area contributed by atoms with Gasteiger partial charge in [0.25, 0.3) is 5.91 Å². The number of amides is 1. The highest BCUT2D eigenvalue weighted by atomic mass is 16.5. The lowest BCUT2D eigenvalue weighted by molar-refractivity contribution is -0.127. The van der Waals surface area contributed by atoms with Crippen molar-refractivity contribution in [2.24, 2.45) is 5.10 Å². The number of fused-ring (bicyclic) bond motifs is 1. The smallest absolute Gasteiger partial charge is 0.280 e. The number of rotatable bonds is 8. The predicted molar refractivity (Wildman–Crippen MR) is 120 cm³/mol. The Morgan fingerprint density at radius 3 is 2.41 bits per heavy atom. The van der Waals surface area contributed by atoms with E-state index in [0.29, 0.717) is 5.75 Å². The highest BCUT2D eigenvalue weighted by molar-refractivity contribution is 5.85. The lowest BCUT2D eigenvalue weighted by Crippen LogP contribution is -2.33. The molecule has 0 spiro atoms. The number of benzene rings is 3. The molecule has 0 radical (unpaired) electrons. The van der Waals surface area contributed by atoms with Crippen molar-refractivity contribution < 1.29 is 9.53 Å². The maximum atomic E-state index is 12.3. The normalized spacial score (nSPS) is 12.1. The van der Waals surface area contributed by atoms with Crippen LogP contribution in [0.2, 0.25) is 0 Å². The zero-order valence-corrected chi connectivity index (χ0v) is 17.1. The summed E-state index contributed by atoms with van der Waals surface area (Å²) in [5, 5.41) is 6.26. The van der Waals surface area contributed by atoms with Crippen molar-refractivity contribution >= 4 is 28.6 Å². The first-order valence-electron chi connectivity index (χ1n) is 9.94. The standard InChI is InChI=1S/C24H27N3O2/c1-4-27(5-2)22-13-10-19(11-14-22)17-25-26-24(28)18(3)29-23-15-12-20-8-6-7-9-21(20)16-23/h6-18H,4-5H2,1-3H3,(H,26,28)/b25-17-/t18-/m1/s1. The minimum absolute atomic E-state index is 0.297. The van der Waals surface area contributed by atoms with Crippen LogP contribution in [0.3, 0.4) is 0 Å². The third-order valence-corrected chi connectivity index (χ3v) is 4.81. The molecule has 0 saturated heterocycles. The quantitative estimate of drug-likeness (QED) is 0.452. The van der Waals surface area contributed by atoms with Gasteiger partial charge >= 0.3 is 0 Å². The second-order valence-electron chi connectivity index (χ2n) is 6.77. The molecule has 1 atom stereocenters. The van der Waals surface area contributed by atoms with Gasteiger partial charge in [-0.05, 0) is 61.4 Å². The highest BCUT2D eigenvalue weighted by Crippen LogP contribution is 2.21. The second-order valence-corrected chi connectivity index (χ2v) is 6.77. The fourth-order valence-electron chi connectivity index (χ4n) is 3.12. The van der Waals surface area contributed by atoms with Gasteiger partial charge in [0.05, 0.1) is 6.21 Å². The fraction of sp³-hybridized carbons (Fsp3) is 0.250. The Morgan fingerprint density at radius 1 is 1.03 bits per heavy atom. The van der Waals surface area contributed by atoms with E-state index in [2.05, 4.69) is 41.4 Å². The van der Waals surface area contributed by atoms with E-state index in [4.69, 9.17) is 4.74 Å². The molecule has 0 aliphatic carbocycles. The van der Waals surface area contributed by atoms with Crippen molar-refractivity contribution in [3.8, 4) is 5.75 Å². The van der Waals surface area contributed by atoms with E-state index in [9.17, 15) is 4.79 Å². The SMILES string of the molecule is CCN(CC)c1ccc(/C=N\NC(=O)[C@@H](C)Oc2ccc3ccccc3c2)cc1. The molecule has 0 heterocycles. The monoisotopic (exact) mass is 389 g/mol. The van der Waals surface area contributed by atoms with Gasteiger partial charge in [-0.15, -0.1) is 0 Å². The summed E-state index contributed by atoms with van der Waals surface area (Å²) in [6.07, 6.45) is 0.977. The summed E-state index contributed by atoms with van der Waals surface area (Å²) < 4.78 is 5.76. The molecule has 0 unspecified atom stereocenters. The predicted octanol–water partition coefficient (Wildman–Crippen LogP) is 4.60. The van der Waals surface area contributed by atoms with Crippen LogP contribution in [0.25, 0.3) is 10.8 Å². The molecular formula is C24H27N3O2. The molecule has 5 heteroatoms. The van der Waals surface area contributed by atoms with Crippen LogP contribution in [0.1, 0.15) is 26.3 Å². The van der Waals surface area contributed by atoms with E-state index in [1.165, 1.54) is 5.69 Å². The third kappa shape index (κ3) is 5.35. The number of carbonyl (C=O) groups excluding carboxylic acids is 1. The molecule has 3 rings (SSSR count). The summed E-state index contributed by atoms with van der Waals surface area (Å²) in [6, 6.07) is 21.9. The topological polar surface area (TPSA) is 53.9 Å². The number of hydrogen-bond donors (Lipinski definition) is 1. The van der Waals surface area contributed by atoms with Crippen LogP contribution in [0.15, 0.2) is 71.8 Å². The molecular weight excluding hydrogens is 362 g/mol. The Hall–Kier alpha value is -3.34. The summed E-state index contributed by atoms with van der Waals surface area (Å²) in [4.78, 5) is 14.5. The van der Waals surface area contributed by atoms with Crippen molar-refractivity contribution in [2.75, 3.05) is 18.0 Å². The molecule has 0 aliphatic rings. The highest BCUT2D eigenvalue weighted by Gasteiger charge is 2.14. The number of hydrogen-bond acceptors (Lipinski definition) is 4. The zero-order valence-electron chi connectivity index (χ0n) is 17.1. The summed E-state index contributed by atoms with van der Waals surface area (Å²) >= 11 is 0. The van der Waals surface area contributed by atoms with Gasteiger partial charge in [-0.3, -0.25) is 4.79 Å². The van der Waals surface area contributed by atoms with Gasteiger partial charge in [-0.2, -0.15) is 5.10 Å². The van der Waals surface area contributed by atoms with Crippen LogP contribution in [-0.4, -0.2) is 31.3 Å². The summed E-state index contributed by atoms with van der Waals surface area (Å²) in [6.45, 7) is 7.91. The Balaban J connectivity index is 1.55.